The van der Waals surface area contributed by atoms with Gasteiger partial charge in [0.05, 0.1) is 0 Å². The normalized spacial score (nSPS) is 11.8. The number of benzene rings is 9. The summed E-state index contributed by atoms with van der Waals surface area (Å²) < 4.78 is 9.04. The van der Waals surface area contributed by atoms with Gasteiger partial charge in [0.15, 0.2) is 8.07 Å². The molecule has 0 radical (unpaired) electrons. The van der Waals surface area contributed by atoms with Gasteiger partial charge >= 0.3 is 0 Å². The number of rotatable bonds is 8. The first-order chi connectivity index (χ1) is 28.7. The summed E-state index contributed by atoms with van der Waals surface area (Å²) in [6.07, 6.45) is 0. The predicted octanol–water partition coefficient (Wildman–Crippen LogP) is 12.5. The topological polar surface area (TPSA) is 16.4 Å². The summed E-state index contributed by atoms with van der Waals surface area (Å²) in [7, 11) is -2.69. The first kappa shape index (κ1) is 34.3. The Morgan fingerprint density at radius 1 is 0.328 bits per heavy atom. The van der Waals surface area contributed by atoms with E-state index in [4.69, 9.17) is 4.42 Å². The zero-order chi connectivity index (χ0) is 38.5. The highest BCUT2D eigenvalue weighted by molar-refractivity contribution is 7.25. The lowest BCUT2D eigenvalue weighted by Crippen LogP contribution is -2.74. The zero-order valence-corrected chi connectivity index (χ0v) is 33.4. The molecule has 2 nitrogen and oxygen atoms in total. The Hall–Kier alpha value is -6.98. The molecule has 0 unspecified atom stereocenters. The molecule has 0 amide bonds. The van der Waals surface area contributed by atoms with E-state index >= 15 is 0 Å². The van der Waals surface area contributed by atoms with Gasteiger partial charge in [-0.3, -0.25) is 0 Å². The highest BCUT2D eigenvalue weighted by Crippen LogP contribution is 2.43. The third-order valence-electron chi connectivity index (χ3n) is 11.6. The van der Waals surface area contributed by atoms with Gasteiger partial charge in [-0.2, -0.15) is 0 Å². The first-order valence-electron chi connectivity index (χ1n) is 19.7. The number of para-hydroxylation sites is 1. The van der Waals surface area contributed by atoms with Gasteiger partial charge in [0, 0.05) is 54.1 Å². The summed E-state index contributed by atoms with van der Waals surface area (Å²) in [5, 5.41) is 10.2. The van der Waals surface area contributed by atoms with Gasteiger partial charge in [-0.1, -0.05) is 158 Å². The molecular formula is C54H37NOSSi. The van der Waals surface area contributed by atoms with Gasteiger partial charge in [-0.05, 0) is 92.5 Å². The standard InChI is InChI=1S/C54H37NOSSi/c1-5-15-38(16-6-1)39-25-33-53-49(35-39)50-36-41(29-34-54(50)57-53)55(42-28-32-48-47-23-13-14-24-51(47)56-52(48)37-42)40-26-30-46(31-27-40)58(43-17-7-2-8-18-43,44-19-9-3-10-20-44)45-21-11-4-12-22-45/h1-37H. The monoisotopic (exact) mass is 775 g/mol. The molecule has 274 valence electrons. The molecule has 0 saturated carbocycles. The van der Waals surface area contributed by atoms with Crippen molar-refractivity contribution >= 4 is 99.3 Å². The number of thiophene rings is 1. The van der Waals surface area contributed by atoms with Gasteiger partial charge in [0.1, 0.15) is 11.2 Å². The quantitative estimate of drug-likeness (QED) is 0.113. The van der Waals surface area contributed by atoms with Crippen LogP contribution in [0.4, 0.5) is 17.1 Å². The van der Waals surface area contributed by atoms with Crippen LogP contribution in [0.2, 0.25) is 0 Å². The molecule has 2 heterocycles. The molecule has 2 aromatic heterocycles. The van der Waals surface area contributed by atoms with Crippen LogP contribution < -0.4 is 25.6 Å². The van der Waals surface area contributed by atoms with E-state index < -0.39 is 8.07 Å². The minimum absolute atomic E-state index is 0.874. The molecule has 0 saturated heterocycles. The Bertz CT molecular complexity index is 3120. The minimum Gasteiger partial charge on any atom is -0.456 e. The van der Waals surface area contributed by atoms with E-state index in [0.29, 0.717) is 0 Å². The lowest BCUT2D eigenvalue weighted by Gasteiger charge is -2.35. The molecule has 0 N–H and O–H groups in total. The highest BCUT2D eigenvalue weighted by atomic mass is 32.1. The van der Waals surface area contributed by atoms with Crippen LogP contribution in [-0.2, 0) is 0 Å². The molecule has 11 aromatic rings. The van der Waals surface area contributed by atoms with Gasteiger partial charge in [-0.25, -0.2) is 0 Å². The summed E-state index contributed by atoms with van der Waals surface area (Å²) in [6, 6.07) is 82.2. The van der Waals surface area contributed by atoms with Crippen LogP contribution in [0.5, 0.6) is 0 Å². The predicted molar refractivity (Wildman–Crippen MR) is 250 cm³/mol. The van der Waals surface area contributed by atoms with Gasteiger partial charge < -0.3 is 9.32 Å². The maximum atomic E-state index is 6.48. The van der Waals surface area contributed by atoms with Crippen molar-refractivity contribution in [3.8, 4) is 11.1 Å². The van der Waals surface area contributed by atoms with Gasteiger partial charge in [0.25, 0.3) is 0 Å². The second-order valence-corrected chi connectivity index (χ2v) is 19.8. The smallest absolute Gasteiger partial charge is 0.179 e. The Balaban J connectivity index is 1.11. The summed E-state index contributed by atoms with van der Waals surface area (Å²) in [5.74, 6) is 0. The molecule has 0 aliphatic heterocycles. The Kier molecular flexibility index (Phi) is 8.39. The third-order valence-corrected chi connectivity index (χ3v) is 17.6. The Labute approximate surface area is 342 Å². The van der Waals surface area contributed by atoms with Gasteiger partial charge in [0.2, 0.25) is 0 Å². The molecule has 9 aromatic carbocycles. The first-order valence-corrected chi connectivity index (χ1v) is 22.6. The largest absolute Gasteiger partial charge is 0.456 e. The molecule has 4 heteroatoms. The molecule has 0 aliphatic carbocycles. The van der Waals surface area contributed by atoms with Crippen molar-refractivity contribution in [3.63, 3.8) is 0 Å². The van der Waals surface area contributed by atoms with Crippen LogP contribution in [0.3, 0.4) is 0 Å². The van der Waals surface area contributed by atoms with Gasteiger partial charge in [-0.15, -0.1) is 11.3 Å². The Morgan fingerprint density at radius 2 is 0.810 bits per heavy atom. The highest BCUT2D eigenvalue weighted by Gasteiger charge is 2.41. The number of nitrogens with zero attached hydrogens (tertiary/aromatic N) is 1. The van der Waals surface area contributed by atoms with Crippen LogP contribution in [0.1, 0.15) is 0 Å². The molecule has 0 fully saturated rings. The van der Waals surface area contributed by atoms with Crippen molar-refractivity contribution in [1.29, 1.82) is 0 Å². The van der Waals surface area contributed by atoms with Crippen LogP contribution in [0.25, 0.3) is 53.2 Å². The summed E-state index contributed by atoms with van der Waals surface area (Å²) in [5.41, 5.74) is 7.44. The van der Waals surface area contributed by atoms with Crippen LogP contribution in [-0.4, -0.2) is 8.07 Å². The second kappa shape index (κ2) is 14.2. The van der Waals surface area contributed by atoms with E-state index in [1.807, 2.05) is 23.5 Å². The number of hydrogen-bond donors (Lipinski definition) is 0. The number of hydrogen-bond acceptors (Lipinski definition) is 3. The zero-order valence-electron chi connectivity index (χ0n) is 31.6. The van der Waals surface area contributed by atoms with Crippen LogP contribution >= 0.6 is 11.3 Å². The van der Waals surface area contributed by atoms with E-state index in [1.165, 1.54) is 52.0 Å². The fraction of sp³-hybridized carbons (Fsp3) is 0. The SMILES string of the molecule is c1ccc(-c2ccc3sc4ccc(N(c5ccc([Si](c6ccccc6)(c6ccccc6)c6ccccc6)cc5)c5ccc6c(c5)oc5ccccc56)cc4c3c2)cc1. The van der Waals surface area contributed by atoms with E-state index in [1.54, 1.807) is 0 Å². The van der Waals surface area contributed by atoms with E-state index in [0.717, 1.165) is 39.0 Å². The van der Waals surface area contributed by atoms with E-state index in [-0.39, 0.29) is 0 Å². The number of furan rings is 1. The summed E-state index contributed by atoms with van der Waals surface area (Å²) >= 11 is 1.85. The lowest BCUT2D eigenvalue weighted by molar-refractivity contribution is 0.669. The maximum absolute atomic E-state index is 6.48. The van der Waals surface area contributed by atoms with Crippen molar-refractivity contribution in [2.45, 2.75) is 0 Å². The molecule has 11 rings (SSSR count). The summed E-state index contributed by atoms with van der Waals surface area (Å²) in [6.45, 7) is 0. The van der Waals surface area contributed by atoms with Crippen LogP contribution in [0, 0.1) is 0 Å². The minimum atomic E-state index is -2.69. The van der Waals surface area contributed by atoms with Crippen molar-refractivity contribution < 1.29 is 4.42 Å². The average Bonchev–Trinajstić information content (AvgIpc) is 3.86. The van der Waals surface area contributed by atoms with Crippen molar-refractivity contribution in [1.82, 2.24) is 0 Å². The molecule has 0 spiro atoms. The Morgan fingerprint density at radius 3 is 1.47 bits per heavy atom. The maximum Gasteiger partial charge on any atom is 0.179 e. The van der Waals surface area contributed by atoms with Crippen molar-refractivity contribution in [3.05, 3.63) is 224 Å². The van der Waals surface area contributed by atoms with E-state index in [2.05, 4.69) is 217 Å². The second-order valence-electron chi connectivity index (χ2n) is 14.9. The van der Waals surface area contributed by atoms with Crippen molar-refractivity contribution in [2.75, 3.05) is 4.90 Å². The molecule has 0 bridgehead atoms. The number of anilines is 3. The number of fused-ring (bicyclic) bond motifs is 6. The van der Waals surface area contributed by atoms with Crippen molar-refractivity contribution in [2.24, 2.45) is 0 Å². The molecule has 0 aliphatic rings. The fourth-order valence-electron chi connectivity index (χ4n) is 8.94. The average molecular weight is 776 g/mol. The molecular weight excluding hydrogens is 739 g/mol. The molecule has 58 heavy (non-hydrogen) atoms. The van der Waals surface area contributed by atoms with E-state index in [9.17, 15) is 0 Å². The lowest BCUT2D eigenvalue weighted by atomic mass is 10.0. The fourth-order valence-corrected chi connectivity index (χ4v) is 14.8. The molecule has 0 atom stereocenters. The van der Waals surface area contributed by atoms with Crippen LogP contribution in [0.15, 0.2) is 229 Å². The third kappa shape index (κ3) is 5.68. The summed E-state index contributed by atoms with van der Waals surface area (Å²) in [4.78, 5) is 2.39.